The van der Waals surface area contributed by atoms with Crippen LogP contribution in [0.1, 0.15) is 40.3 Å². The average molecular weight is 212 g/mol. The Morgan fingerprint density at radius 2 is 1.73 bits per heavy atom. The molecule has 1 aromatic heterocycles. The summed E-state index contributed by atoms with van der Waals surface area (Å²) in [6.45, 7) is 9.83. The van der Waals surface area contributed by atoms with Crippen LogP contribution in [0.5, 0.6) is 5.88 Å². The van der Waals surface area contributed by atoms with E-state index in [1.54, 1.807) is 0 Å². The van der Waals surface area contributed by atoms with Crippen LogP contribution in [-0.2, 0) is 11.1 Å². The summed E-state index contributed by atoms with van der Waals surface area (Å²) >= 11 is 0. The third-order valence-electron chi connectivity index (χ3n) is 2.50. The van der Waals surface area contributed by atoms with Crippen LogP contribution in [0.4, 0.5) is 0 Å². The van der Waals surface area contributed by atoms with Crippen LogP contribution in [0, 0.1) is 0 Å². The van der Waals surface area contributed by atoms with Crippen molar-refractivity contribution in [2.24, 2.45) is 0 Å². The van der Waals surface area contributed by atoms with E-state index in [0.717, 1.165) is 0 Å². The molecule has 0 fully saturated rings. The van der Waals surface area contributed by atoms with E-state index in [9.17, 15) is 5.11 Å². The second-order valence-electron chi connectivity index (χ2n) is 5.23. The molecule has 0 saturated carbocycles. The molecule has 0 bridgehead atoms. The lowest BCUT2D eigenvalue weighted by Gasteiger charge is -2.24. The van der Waals surface area contributed by atoms with Gasteiger partial charge < -0.3 is 5.11 Å². The molecule has 0 radical (unpaired) electrons. The van der Waals surface area contributed by atoms with Gasteiger partial charge in [-0.05, 0) is 20.9 Å². The lowest BCUT2D eigenvalue weighted by atomic mass is 9.92. The van der Waals surface area contributed by atoms with Gasteiger partial charge in [0.15, 0.2) is 0 Å². The zero-order valence-electron chi connectivity index (χ0n) is 10.3. The lowest BCUT2D eigenvalue weighted by Crippen LogP contribution is -2.40. The molecule has 0 unspecified atom stereocenters. The van der Waals surface area contributed by atoms with Gasteiger partial charge in [-0.25, -0.2) is 0 Å². The molecule has 0 aliphatic carbocycles. The Morgan fingerprint density at radius 1 is 1.20 bits per heavy atom. The minimum absolute atomic E-state index is 0.127. The van der Waals surface area contributed by atoms with Crippen molar-refractivity contribution in [1.82, 2.24) is 20.3 Å². The van der Waals surface area contributed by atoms with Crippen LogP contribution in [0.3, 0.4) is 0 Å². The largest absolute Gasteiger partial charge is 0.492 e. The fourth-order valence-electron chi connectivity index (χ4n) is 1.24. The molecule has 0 atom stereocenters. The predicted molar refractivity (Wildman–Crippen MR) is 58.8 cm³/mol. The third kappa shape index (κ3) is 2.12. The Balaban J connectivity index is 3.22. The quantitative estimate of drug-likeness (QED) is 0.773. The molecule has 0 aromatic carbocycles. The minimum Gasteiger partial charge on any atom is -0.492 e. The van der Waals surface area contributed by atoms with Gasteiger partial charge in [0.05, 0.1) is 0 Å². The Labute approximate surface area is 90.5 Å². The summed E-state index contributed by atoms with van der Waals surface area (Å²) in [4.78, 5) is 0. The van der Waals surface area contributed by atoms with Gasteiger partial charge in [-0.1, -0.05) is 26.0 Å². The van der Waals surface area contributed by atoms with Crippen molar-refractivity contribution in [2.45, 2.75) is 45.7 Å². The molecule has 86 valence electrons. The van der Waals surface area contributed by atoms with Crippen LogP contribution < -0.4 is 5.32 Å². The molecule has 1 aromatic rings. The molecule has 0 amide bonds. The molecule has 5 heteroatoms. The number of hydrogen-bond acceptors (Lipinski definition) is 4. The van der Waals surface area contributed by atoms with Gasteiger partial charge in [0.1, 0.15) is 11.4 Å². The first-order chi connectivity index (χ1) is 6.70. The molecule has 0 spiro atoms. The van der Waals surface area contributed by atoms with Crippen molar-refractivity contribution in [3.8, 4) is 5.88 Å². The van der Waals surface area contributed by atoms with Gasteiger partial charge in [-0.15, -0.1) is 5.10 Å². The highest BCUT2D eigenvalue weighted by molar-refractivity contribution is 5.24. The standard InChI is InChI=1S/C10H20N4O/c1-9(2,3)7-8(15)14(13-12-7)10(4,5)11-6/h11,15H,1-6H3. The lowest BCUT2D eigenvalue weighted by molar-refractivity contribution is 0.227. The van der Waals surface area contributed by atoms with Crippen molar-refractivity contribution in [3.63, 3.8) is 0 Å². The predicted octanol–water partition coefficient (Wildman–Crippen LogP) is 1.19. The highest BCUT2D eigenvalue weighted by atomic mass is 16.3. The summed E-state index contributed by atoms with van der Waals surface area (Å²) < 4.78 is 1.49. The minimum atomic E-state index is -0.444. The first-order valence-electron chi connectivity index (χ1n) is 5.04. The summed E-state index contributed by atoms with van der Waals surface area (Å²) in [5, 5.41) is 21.1. The van der Waals surface area contributed by atoms with E-state index in [1.807, 2.05) is 41.7 Å². The Morgan fingerprint density at radius 3 is 2.07 bits per heavy atom. The number of hydrogen-bond donors (Lipinski definition) is 2. The molecular formula is C10H20N4O. The van der Waals surface area contributed by atoms with E-state index in [4.69, 9.17) is 0 Å². The third-order valence-corrected chi connectivity index (χ3v) is 2.50. The summed E-state index contributed by atoms with van der Waals surface area (Å²) in [7, 11) is 1.82. The maximum atomic E-state index is 10.0. The second kappa shape index (κ2) is 3.48. The van der Waals surface area contributed by atoms with Gasteiger partial charge in [-0.2, -0.15) is 4.68 Å². The fourth-order valence-corrected chi connectivity index (χ4v) is 1.24. The molecule has 5 nitrogen and oxygen atoms in total. The zero-order chi connectivity index (χ0) is 11.9. The molecule has 1 heterocycles. The van der Waals surface area contributed by atoms with Crippen molar-refractivity contribution >= 4 is 0 Å². The average Bonchev–Trinajstić information content (AvgIpc) is 2.46. The van der Waals surface area contributed by atoms with Gasteiger partial charge in [0.2, 0.25) is 5.88 Å². The molecular weight excluding hydrogens is 192 g/mol. The molecule has 1 rings (SSSR count). The fraction of sp³-hybridized carbons (Fsp3) is 0.800. The van der Waals surface area contributed by atoms with Crippen molar-refractivity contribution in [1.29, 1.82) is 0 Å². The monoisotopic (exact) mass is 212 g/mol. The van der Waals surface area contributed by atoms with Crippen molar-refractivity contribution in [2.75, 3.05) is 7.05 Å². The van der Waals surface area contributed by atoms with E-state index in [2.05, 4.69) is 15.6 Å². The van der Waals surface area contributed by atoms with E-state index >= 15 is 0 Å². The second-order valence-corrected chi connectivity index (χ2v) is 5.23. The SMILES string of the molecule is CNC(C)(C)n1nnc(C(C)(C)C)c1O. The Kier molecular flexibility index (Phi) is 2.78. The van der Waals surface area contributed by atoms with E-state index < -0.39 is 5.66 Å². The number of nitrogens with one attached hydrogen (secondary N) is 1. The highest BCUT2D eigenvalue weighted by Gasteiger charge is 2.29. The summed E-state index contributed by atoms with van der Waals surface area (Å²) in [5.41, 5.74) is -0.0296. The maximum absolute atomic E-state index is 10.0. The molecule has 2 N–H and O–H groups in total. The molecule has 15 heavy (non-hydrogen) atoms. The maximum Gasteiger partial charge on any atom is 0.235 e. The number of nitrogens with zero attached hydrogens (tertiary/aromatic N) is 3. The topological polar surface area (TPSA) is 63.0 Å². The van der Waals surface area contributed by atoms with Crippen LogP contribution >= 0.6 is 0 Å². The zero-order valence-corrected chi connectivity index (χ0v) is 10.3. The number of rotatable bonds is 2. The highest BCUT2D eigenvalue weighted by Crippen LogP contribution is 2.30. The van der Waals surface area contributed by atoms with Crippen LogP contribution in [0.25, 0.3) is 0 Å². The van der Waals surface area contributed by atoms with Crippen LogP contribution in [0.2, 0.25) is 0 Å². The first-order valence-corrected chi connectivity index (χ1v) is 5.04. The smallest absolute Gasteiger partial charge is 0.235 e. The van der Waals surface area contributed by atoms with Crippen molar-refractivity contribution in [3.05, 3.63) is 5.69 Å². The van der Waals surface area contributed by atoms with Gasteiger partial charge >= 0.3 is 0 Å². The van der Waals surface area contributed by atoms with Crippen LogP contribution in [-0.4, -0.2) is 27.1 Å². The first kappa shape index (κ1) is 12.0. The van der Waals surface area contributed by atoms with Crippen LogP contribution in [0.15, 0.2) is 0 Å². The molecule has 0 saturated heterocycles. The Bertz CT molecular complexity index is 349. The van der Waals surface area contributed by atoms with E-state index in [-0.39, 0.29) is 11.3 Å². The Hall–Kier alpha value is -1.10. The summed E-state index contributed by atoms with van der Waals surface area (Å²) in [5.74, 6) is 0.127. The summed E-state index contributed by atoms with van der Waals surface area (Å²) in [6.07, 6.45) is 0. The van der Waals surface area contributed by atoms with Gasteiger partial charge in [0.25, 0.3) is 0 Å². The number of aromatic hydroxyl groups is 1. The van der Waals surface area contributed by atoms with Gasteiger partial charge in [-0.3, -0.25) is 5.32 Å². The molecule has 0 aliphatic heterocycles. The van der Waals surface area contributed by atoms with E-state index in [1.165, 1.54) is 4.68 Å². The summed E-state index contributed by atoms with van der Waals surface area (Å²) in [6, 6.07) is 0. The van der Waals surface area contributed by atoms with Gasteiger partial charge in [0, 0.05) is 5.41 Å². The number of aromatic nitrogens is 3. The van der Waals surface area contributed by atoms with Crippen molar-refractivity contribution < 1.29 is 5.11 Å². The van der Waals surface area contributed by atoms with E-state index in [0.29, 0.717) is 5.69 Å². The normalized spacial score (nSPS) is 13.2. The molecule has 0 aliphatic rings.